The first-order valence-corrected chi connectivity index (χ1v) is 8.81. The molecule has 3 unspecified atom stereocenters. The standard InChI is InChI=1S/C21H26N2O/c1-15(23-21(24)18-12-13-19(22)14-18)20(16-8-4-2-5-9-16)17-10-6-3-7-11-17/h2-11,15,18-20H,12-14,22H2,1H3,(H,23,24). The minimum absolute atomic E-state index is 0.0270. The lowest BCUT2D eigenvalue weighted by Gasteiger charge is -2.27. The van der Waals surface area contributed by atoms with Gasteiger partial charge in [-0.05, 0) is 37.3 Å². The number of hydrogen-bond acceptors (Lipinski definition) is 2. The minimum Gasteiger partial charge on any atom is -0.352 e. The van der Waals surface area contributed by atoms with Crippen LogP contribution in [0.15, 0.2) is 60.7 Å². The lowest BCUT2D eigenvalue weighted by molar-refractivity contribution is -0.125. The van der Waals surface area contributed by atoms with Crippen LogP contribution in [0.4, 0.5) is 0 Å². The highest BCUT2D eigenvalue weighted by Gasteiger charge is 2.30. The second kappa shape index (κ2) is 7.63. The molecule has 1 fully saturated rings. The number of amides is 1. The summed E-state index contributed by atoms with van der Waals surface area (Å²) >= 11 is 0. The van der Waals surface area contributed by atoms with E-state index in [-0.39, 0.29) is 29.8 Å². The first-order chi connectivity index (χ1) is 11.6. The van der Waals surface area contributed by atoms with Gasteiger partial charge in [0.2, 0.25) is 5.91 Å². The molecular weight excluding hydrogens is 296 g/mol. The second-order valence-corrected chi connectivity index (χ2v) is 6.87. The third-order valence-corrected chi connectivity index (χ3v) is 5.03. The molecule has 1 aliphatic rings. The summed E-state index contributed by atoms with van der Waals surface area (Å²) in [5.41, 5.74) is 8.40. The number of hydrogen-bond donors (Lipinski definition) is 2. The molecule has 0 aliphatic heterocycles. The molecule has 2 aromatic carbocycles. The number of benzene rings is 2. The normalized spacial score (nSPS) is 21.6. The number of nitrogens with two attached hydrogens (primary N) is 1. The fourth-order valence-electron chi connectivity index (χ4n) is 3.77. The summed E-state index contributed by atoms with van der Waals surface area (Å²) < 4.78 is 0. The highest BCUT2D eigenvalue weighted by molar-refractivity contribution is 5.79. The zero-order valence-corrected chi connectivity index (χ0v) is 14.2. The van der Waals surface area contributed by atoms with Gasteiger partial charge in [-0.25, -0.2) is 0 Å². The fraction of sp³-hybridized carbons (Fsp3) is 0.381. The maximum atomic E-state index is 12.6. The molecule has 0 spiro atoms. The number of carbonyl (C=O) groups is 1. The molecule has 0 heterocycles. The first-order valence-electron chi connectivity index (χ1n) is 8.81. The Morgan fingerprint density at radius 1 is 1.00 bits per heavy atom. The lowest BCUT2D eigenvalue weighted by atomic mass is 9.85. The zero-order chi connectivity index (χ0) is 16.9. The van der Waals surface area contributed by atoms with Crippen molar-refractivity contribution in [3.8, 4) is 0 Å². The average Bonchev–Trinajstić information content (AvgIpc) is 3.04. The van der Waals surface area contributed by atoms with Gasteiger partial charge in [-0.2, -0.15) is 0 Å². The van der Waals surface area contributed by atoms with Crippen LogP contribution < -0.4 is 11.1 Å². The molecule has 0 saturated heterocycles. The molecule has 1 saturated carbocycles. The van der Waals surface area contributed by atoms with E-state index in [9.17, 15) is 4.79 Å². The van der Waals surface area contributed by atoms with Crippen molar-refractivity contribution in [3.05, 3.63) is 71.8 Å². The van der Waals surface area contributed by atoms with Crippen molar-refractivity contribution in [1.29, 1.82) is 0 Å². The molecule has 2 aromatic rings. The van der Waals surface area contributed by atoms with Crippen molar-refractivity contribution in [2.75, 3.05) is 0 Å². The predicted molar refractivity (Wildman–Crippen MR) is 97.6 cm³/mol. The lowest BCUT2D eigenvalue weighted by Crippen LogP contribution is -2.40. The van der Waals surface area contributed by atoms with Crippen LogP contribution in [0.2, 0.25) is 0 Å². The van der Waals surface area contributed by atoms with Crippen molar-refractivity contribution < 1.29 is 4.79 Å². The molecule has 1 aliphatic carbocycles. The van der Waals surface area contributed by atoms with Crippen molar-refractivity contribution in [2.45, 2.75) is 44.2 Å². The summed E-state index contributed by atoms with van der Waals surface area (Å²) in [6.45, 7) is 2.09. The molecule has 3 atom stereocenters. The van der Waals surface area contributed by atoms with Crippen molar-refractivity contribution in [3.63, 3.8) is 0 Å². The molecule has 3 heteroatoms. The summed E-state index contributed by atoms with van der Waals surface area (Å²) in [6.07, 6.45) is 2.66. The highest BCUT2D eigenvalue weighted by Crippen LogP contribution is 2.29. The Labute approximate surface area is 144 Å². The first kappa shape index (κ1) is 16.7. The Hall–Kier alpha value is -2.13. The zero-order valence-electron chi connectivity index (χ0n) is 14.2. The van der Waals surface area contributed by atoms with Crippen LogP contribution in [0.25, 0.3) is 0 Å². The molecule has 0 radical (unpaired) electrons. The second-order valence-electron chi connectivity index (χ2n) is 6.87. The smallest absolute Gasteiger partial charge is 0.223 e. The van der Waals surface area contributed by atoms with Gasteiger partial charge in [0.1, 0.15) is 0 Å². The van der Waals surface area contributed by atoms with E-state index in [1.54, 1.807) is 0 Å². The third kappa shape index (κ3) is 3.85. The summed E-state index contributed by atoms with van der Waals surface area (Å²) in [5, 5.41) is 3.24. The summed E-state index contributed by atoms with van der Waals surface area (Å²) in [5.74, 6) is 0.355. The molecular formula is C21H26N2O. The van der Waals surface area contributed by atoms with Crippen LogP contribution in [0, 0.1) is 5.92 Å². The van der Waals surface area contributed by atoms with E-state index in [1.807, 2.05) is 12.1 Å². The number of carbonyl (C=O) groups excluding carboxylic acids is 1. The Balaban J connectivity index is 1.79. The highest BCUT2D eigenvalue weighted by atomic mass is 16.1. The van der Waals surface area contributed by atoms with Gasteiger partial charge in [0.15, 0.2) is 0 Å². The molecule has 3 rings (SSSR count). The van der Waals surface area contributed by atoms with Gasteiger partial charge in [0.25, 0.3) is 0 Å². The van der Waals surface area contributed by atoms with Crippen LogP contribution >= 0.6 is 0 Å². The predicted octanol–water partition coefficient (Wildman–Crippen LogP) is 3.45. The van der Waals surface area contributed by atoms with Crippen LogP contribution in [-0.4, -0.2) is 18.0 Å². The van der Waals surface area contributed by atoms with Gasteiger partial charge in [-0.1, -0.05) is 60.7 Å². The summed E-state index contributed by atoms with van der Waals surface area (Å²) in [4.78, 5) is 12.6. The number of rotatable bonds is 5. The molecule has 3 nitrogen and oxygen atoms in total. The Bertz CT molecular complexity index is 617. The molecule has 0 bridgehead atoms. The largest absolute Gasteiger partial charge is 0.352 e. The summed E-state index contributed by atoms with van der Waals surface area (Å²) in [6, 6.07) is 21.0. The van der Waals surface area contributed by atoms with E-state index in [1.165, 1.54) is 11.1 Å². The van der Waals surface area contributed by atoms with Gasteiger partial charge in [0.05, 0.1) is 0 Å². The van der Waals surface area contributed by atoms with Gasteiger partial charge >= 0.3 is 0 Å². The topological polar surface area (TPSA) is 55.1 Å². The van der Waals surface area contributed by atoms with Crippen LogP contribution in [0.3, 0.4) is 0 Å². The number of nitrogens with one attached hydrogen (secondary N) is 1. The van der Waals surface area contributed by atoms with E-state index >= 15 is 0 Å². The van der Waals surface area contributed by atoms with Crippen molar-refractivity contribution >= 4 is 5.91 Å². The van der Waals surface area contributed by atoms with Crippen LogP contribution in [-0.2, 0) is 4.79 Å². The Kier molecular flexibility index (Phi) is 5.31. The SMILES string of the molecule is CC(NC(=O)C1CCC(N)C1)C(c1ccccc1)c1ccccc1. The maximum Gasteiger partial charge on any atom is 0.223 e. The third-order valence-electron chi connectivity index (χ3n) is 5.03. The average molecular weight is 322 g/mol. The monoisotopic (exact) mass is 322 g/mol. The molecule has 1 amide bonds. The molecule has 24 heavy (non-hydrogen) atoms. The van der Waals surface area contributed by atoms with Crippen LogP contribution in [0.5, 0.6) is 0 Å². The molecule has 126 valence electrons. The van der Waals surface area contributed by atoms with Gasteiger partial charge in [-0.3, -0.25) is 4.79 Å². The van der Waals surface area contributed by atoms with Gasteiger partial charge < -0.3 is 11.1 Å². The van der Waals surface area contributed by atoms with Crippen LogP contribution in [0.1, 0.15) is 43.2 Å². The maximum absolute atomic E-state index is 12.6. The van der Waals surface area contributed by atoms with E-state index in [0.717, 1.165) is 19.3 Å². The summed E-state index contributed by atoms with van der Waals surface area (Å²) in [7, 11) is 0. The van der Waals surface area contributed by atoms with Gasteiger partial charge in [-0.15, -0.1) is 0 Å². The Morgan fingerprint density at radius 2 is 1.54 bits per heavy atom. The minimum atomic E-state index is 0.0270. The van der Waals surface area contributed by atoms with Crippen molar-refractivity contribution in [2.24, 2.45) is 11.7 Å². The van der Waals surface area contributed by atoms with Gasteiger partial charge in [0, 0.05) is 23.9 Å². The van der Waals surface area contributed by atoms with E-state index in [0.29, 0.717) is 0 Å². The molecule has 3 N–H and O–H groups in total. The fourth-order valence-corrected chi connectivity index (χ4v) is 3.77. The van der Waals surface area contributed by atoms with E-state index in [2.05, 4.69) is 60.8 Å². The quantitative estimate of drug-likeness (QED) is 0.886. The Morgan fingerprint density at radius 3 is 2.00 bits per heavy atom. The van der Waals surface area contributed by atoms with Crippen molar-refractivity contribution in [1.82, 2.24) is 5.32 Å². The molecule has 0 aromatic heterocycles. The van der Waals surface area contributed by atoms with E-state index < -0.39 is 0 Å². The van der Waals surface area contributed by atoms with E-state index in [4.69, 9.17) is 5.73 Å².